The van der Waals surface area contributed by atoms with Gasteiger partial charge in [-0.25, -0.2) is 14.8 Å². The maximum atomic E-state index is 13.6. The Kier molecular flexibility index (Phi) is 7.76. The number of benzene rings is 1. The maximum Gasteiger partial charge on any atom is 0.438 e. The Labute approximate surface area is 194 Å². The van der Waals surface area contributed by atoms with Crippen LogP contribution in [0.25, 0.3) is 11.3 Å². The van der Waals surface area contributed by atoms with Crippen molar-refractivity contribution in [3.63, 3.8) is 0 Å². The van der Waals surface area contributed by atoms with Gasteiger partial charge in [0.2, 0.25) is 11.6 Å². The van der Waals surface area contributed by atoms with Gasteiger partial charge in [-0.2, -0.15) is 26.3 Å². The molecule has 1 saturated carbocycles. The standard InChI is InChI=1S/C20H18ClF6N3O4/c21-11-5-3-4-10(8-11)14-16(33-9-19(22,23)24)30-15(20(25,26)27)17(29-14)34-18(32)28-12-6-1-2-7-13(12)31/h3-5,8,12-13,31H,1-2,6-7,9H2,(H,28,32)/t12-,13-/m1/s1. The van der Waals surface area contributed by atoms with E-state index >= 15 is 0 Å². The number of carbonyl (C=O) groups excluding carboxylic acids is 1. The second-order valence-electron chi connectivity index (χ2n) is 7.44. The SMILES string of the molecule is O=C(N[C@@H]1CCCC[C@H]1O)Oc1nc(-c2cccc(Cl)c2)c(OCC(F)(F)F)nc1C(F)(F)F. The molecule has 2 atom stereocenters. The average Bonchev–Trinajstić information content (AvgIpc) is 2.72. The summed E-state index contributed by atoms with van der Waals surface area (Å²) < 4.78 is 88.1. The molecule has 1 aromatic heterocycles. The Morgan fingerprint density at radius 3 is 2.44 bits per heavy atom. The normalized spacial score (nSPS) is 18.9. The second kappa shape index (κ2) is 10.2. The van der Waals surface area contributed by atoms with Crippen LogP contribution in [-0.2, 0) is 6.18 Å². The molecule has 0 saturated heterocycles. The van der Waals surface area contributed by atoms with E-state index in [2.05, 4.69) is 20.0 Å². The predicted molar refractivity (Wildman–Crippen MR) is 106 cm³/mol. The van der Waals surface area contributed by atoms with Crippen LogP contribution in [-0.4, -0.2) is 46.1 Å². The molecule has 2 aromatic rings. The molecule has 0 radical (unpaired) electrons. The molecule has 0 spiro atoms. The van der Waals surface area contributed by atoms with Gasteiger partial charge in [0.05, 0.1) is 12.1 Å². The number of halogens is 7. The highest BCUT2D eigenvalue weighted by Gasteiger charge is 2.41. The highest BCUT2D eigenvalue weighted by molar-refractivity contribution is 6.30. The van der Waals surface area contributed by atoms with Gasteiger partial charge in [-0.15, -0.1) is 0 Å². The number of hydrogen-bond donors (Lipinski definition) is 2. The molecule has 34 heavy (non-hydrogen) atoms. The van der Waals surface area contributed by atoms with Crippen LogP contribution in [0, 0.1) is 0 Å². The summed E-state index contributed by atoms with van der Waals surface area (Å²) in [6.07, 6.45) is -10.2. The van der Waals surface area contributed by atoms with E-state index in [4.69, 9.17) is 16.3 Å². The number of ether oxygens (including phenoxy) is 2. The van der Waals surface area contributed by atoms with Crippen molar-refractivity contribution in [1.82, 2.24) is 15.3 Å². The summed E-state index contributed by atoms with van der Waals surface area (Å²) in [5.41, 5.74) is -2.45. The summed E-state index contributed by atoms with van der Waals surface area (Å²) in [5, 5.41) is 12.3. The van der Waals surface area contributed by atoms with Crippen molar-refractivity contribution in [3.05, 3.63) is 35.0 Å². The van der Waals surface area contributed by atoms with Crippen LogP contribution in [0.3, 0.4) is 0 Å². The van der Waals surface area contributed by atoms with Crippen molar-refractivity contribution < 1.29 is 45.7 Å². The monoisotopic (exact) mass is 513 g/mol. The molecular weight excluding hydrogens is 496 g/mol. The molecule has 7 nitrogen and oxygen atoms in total. The van der Waals surface area contributed by atoms with Gasteiger partial charge in [0.1, 0.15) is 5.69 Å². The van der Waals surface area contributed by atoms with Crippen LogP contribution in [0.5, 0.6) is 11.8 Å². The number of hydrogen-bond acceptors (Lipinski definition) is 6. The summed E-state index contributed by atoms with van der Waals surface area (Å²) >= 11 is 5.88. The zero-order chi connectivity index (χ0) is 25.1. The van der Waals surface area contributed by atoms with E-state index in [1.807, 2.05) is 0 Å². The molecule has 1 aliphatic carbocycles. The minimum atomic E-state index is -5.25. The number of alkyl halides is 6. The average molecular weight is 514 g/mol. The molecule has 1 aliphatic rings. The highest BCUT2D eigenvalue weighted by Crippen LogP contribution is 2.39. The van der Waals surface area contributed by atoms with Crippen LogP contribution >= 0.6 is 11.6 Å². The molecule has 1 amide bonds. The van der Waals surface area contributed by atoms with Crippen LogP contribution in [0.2, 0.25) is 5.02 Å². The number of nitrogens with zero attached hydrogens (tertiary/aromatic N) is 2. The second-order valence-corrected chi connectivity index (χ2v) is 7.87. The molecule has 0 bridgehead atoms. The summed E-state index contributed by atoms with van der Waals surface area (Å²) in [6, 6.07) is 4.56. The van der Waals surface area contributed by atoms with Crippen LogP contribution in [0.4, 0.5) is 31.1 Å². The summed E-state index contributed by atoms with van der Waals surface area (Å²) in [4.78, 5) is 19.1. The van der Waals surface area contributed by atoms with E-state index in [1.165, 1.54) is 24.3 Å². The van der Waals surface area contributed by atoms with Crippen molar-refractivity contribution in [3.8, 4) is 23.0 Å². The van der Waals surface area contributed by atoms with Gasteiger partial charge in [0, 0.05) is 10.6 Å². The molecule has 2 N–H and O–H groups in total. The van der Waals surface area contributed by atoms with E-state index in [1.54, 1.807) is 0 Å². The van der Waals surface area contributed by atoms with Crippen molar-refractivity contribution >= 4 is 17.7 Å². The smallest absolute Gasteiger partial charge is 0.438 e. The Morgan fingerprint density at radius 1 is 1.12 bits per heavy atom. The van der Waals surface area contributed by atoms with Gasteiger partial charge in [0.15, 0.2) is 6.61 Å². The van der Waals surface area contributed by atoms with Crippen molar-refractivity contribution in [2.45, 2.75) is 50.2 Å². The highest BCUT2D eigenvalue weighted by atomic mass is 35.5. The summed E-state index contributed by atoms with van der Waals surface area (Å²) in [5.74, 6) is -2.38. The number of aromatic nitrogens is 2. The van der Waals surface area contributed by atoms with E-state index in [0.717, 1.165) is 6.42 Å². The molecule has 14 heteroatoms. The quantitative estimate of drug-likeness (QED) is 0.537. The first-order valence-corrected chi connectivity index (χ1v) is 10.3. The number of nitrogens with one attached hydrogen (secondary N) is 1. The molecule has 3 rings (SSSR count). The lowest BCUT2D eigenvalue weighted by Gasteiger charge is -2.27. The minimum Gasteiger partial charge on any atom is -0.466 e. The molecular formula is C20H18ClF6N3O4. The third-order valence-electron chi connectivity index (χ3n) is 4.79. The number of carbonyl (C=O) groups is 1. The van der Waals surface area contributed by atoms with Gasteiger partial charge >= 0.3 is 18.4 Å². The largest absolute Gasteiger partial charge is 0.466 e. The Morgan fingerprint density at radius 2 is 1.82 bits per heavy atom. The zero-order valence-electron chi connectivity index (χ0n) is 17.2. The van der Waals surface area contributed by atoms with E-state index in [0.29, 0.717) is 19.3 Å². The Hall–Kier alpha value is -2.80. The van der Waals surface area contributed by atoms with Gasteiger partial charge in [-0.1, -0.05) is 36.6 Å². The van der Waals surface area contributed by atoms with E-state index in [9.17, 15) is 36.2 Å². The predicted octanol–water partition coefficient (Wildman–Crippen LogP) is 5.15. The zero-order valence-corrected chi connectivity index (χ0v) is 18.0. The van der Waals surface area contributed by atoms with Crippen molar-refractivity contribution in [2.24, 2.45) is 0 Å². The Bertz CT molecular complexity index is 1030. The number of amides is 1. The molecule has 0 aliphatic heterocycles. The minimum absolute atomic E-state index is 0.0288. The molecule has 1 heterocycles. The third kappa shape index (κ3) is 6.86. The number of aliphatic hydroxyl groups is 1. The van der Waals surface area contributed by atoms with E-state index < -0.39 is 60.3 Å². The van der Waals surface area contributed by atoms with Gasteiger partial charge < -0.3 is 19.9 Å². The number of rotatable bonds is 5. The van der Waals surface area contributed by atoms with Gasteiger partial charge in [-0.05, 0) is 25.0 Å². The lowest BCUT2D eigenvalue weighted by atomic mass is 9.93. The first-order chi connectivity index (χ1) is 15.8. The fraction of sp³-hybridized carbons (Fsp3) is 0.450. The fourth-order valence-corrected chi connectivity index (χ4v) is 3.47. The van der Waals surface area contributed by atoms with Gasteiger partial charge in [-0.3, -0.25) is 0 Å². The van der Waals surface area contributed by atoms with E-state index in [-0.39, 0.29) is 10.6 Å². The summed E-state index contributed by atoms with van der Waals surface area (Å²) in [6.45, 7) is -1.94. The maximum absolute atomic E-state index is 13.6. The van der Waals surface area contributed by atoms with Crippen LogP contribution < -0.4 is 14.8 Å². The van der Waals surface area contributed by atoms with Crippen LogP contribution in [0.1, 0.15) is 31.4 Å². The third-order valence-corrected chi connectivity index (χ3v) is 5.03. The first kappa shape index (κ1) is 25.8. The topological polar surface area (TPSA) is 93.6 Å². The molecule has 1 fully saturated rings. The van der Waals surface area contributed by atoms with Crippen molar-refractivity contribution in [1.29, 1.82) is 0 Å². The van der Waals surface area contributed by atoms with Crippen LogP contribution in [0.15, 0.2) is 24.3 Å². The lowest BCUT2D eigenvalue weighted by Crippen LogP contribution is -2.46. The molecule has 186 valence electrons. The van der Waals surface area contributed by atoms with Gasteiger partial charge in [0.25, 0.3) is 5.88 Å². The number of aliphatic hydroxyl groups excluding tert-OH is 1. The molecule has 1 aromatic carbocycles. The summed E-state index contributed by atoms with van der Waals surface area (Å²) in [7, 11) is 0. The lowest BCUT2D eigenvalue weighted by molar-refractivity contribution is -0.154. The fourth-order valence-electron chi connectivity index (χ4n) is 3.28. The first-order valence-electron chi connectivity index (χ1n) is 9.94. The molecule has 0 unspecified atom stereocenters. The van der Waals surface area contributed by atoms with Crippen molar-refractivity contribution in [2.75, 3.05) is 6.61 Å². The Balaban J connectivity index is 2.01.